The van der Waals surface area contributed by atoms with Crippen LogP contribution in [0.15, 0.2) is 66.7 Å². The summed E-state index contributed by atoms with van der Waals surface area (Å²) in [6.07, 6.45) is -0.498. The average Bonchev–Trinajstić information content (AvgIpc) is 2.86. The third-order valence-electron chi connectivity index (χ3n) is 5.40. The van der Waals surface area contributed by atoms with Crippen LogP contribution in [0.2, 0.25) is 0 Å². The summed E-state index contributed by atoms with van der Waals surface area (Å²) < 4.78 is 16.4. The highest BCUT2D eigenvalue weighted by Crippen LogP contribution is 2.25. The molecule has 0 saturated carbocycles. The zero-order valence-electron chi connectivity index (χ0n) is 22.2. The molecule has 3 rings (SSSR count). The van der Waals surface area contributed by atoms with E-state index in [1.54, 1.807) is 25.1 Å². The molecular formula is C30H34N2O6. The zero-order valence-corrected chi connectivity index (χ0v) is 22.2. The van der Waals surface area contributed by atoms with Crippen molar-refractivity contribution in [3.8, 4) is 16.9 Å². The average molecular weight is 519 g/mol. The Kier molecular flexibility index (Phi) is 9.49. The molecule has 0 aromatic heterocycles. The van der Waals surface area contributed by atoms with Gasteiger partial charge in [-0.3, -0.25) is 9.59 Å². The van der Waals surface area contributed by atoms with Crippen molar-refractivity contribution in [1.82, 2.24) is 5.32 Å². The van der Waals surface area contributed by atoms with Crippen LogP contribution in [0, 0.1) is 0 Å². The van der Waals surface area contributed by atoms with Gasteiger partial charge < -0.3 is 25.3 Å². The van der Waals surface area contributed by atoms with Crippen LogP contribution in [0.25, 0.3) is 11.1 Å². The van der Waals surface area contributed by atoms with Crippen molar-refractivity contribution in [1.29, 1.82) is 0 Å². The van der Waals surface area contributed by atoms with Gasteiger partial charge in [0, 0.05) is 17.7 Å². The summed E-state index contributed by atoms with van der Waals surface area (Å²) in [5.74, 6) is -0.524. The number of hydrogen-bond donors (Lipinski definition) is 2. The molecule has 3 N–H and O–H groups in total. The first kappa shape index (κ1) is 28.2. The lowest BCUT2D eigenvalue weighted by Gasteiger charge is -2.19. The molecule has 0 aliphatic carbocycles. The molecule has 3 aromatic rings. The summed E-state index contributed by atoms with van der Waals surface area (Å²) in [7, 11) is 0. The second-order valence-corrected chi connectivity index (χ2v) is 9.71. The fourth-order valence-corrected chi connectivity index (χ4v) is 3.73. The molecule has 38 heavy (non-hydrogen) atoms. The fourth-order valence-electron chi connectivity index (χ4n) is 3.73. The van der Waals surface area contributed by atoms with Crippen LogP contribution in [0.4, 0.5) is 4.79 Å². The molecule has 2 amide bonds. The molecule has 0 atom stereocenters. The van der Waals surface area contributed by atoms with Gasteiger partial charge in [0.15, 0.2) is 0 Å². The lowest BCUT2D eigenvalue weighted by molar-refractivity contribution is -0.142. The maximum Gasteiger partial charge on any atom is 0.407 e. The van der Waals surface area contributed by atoms with Crippen LogP contribution in [0.3, 0.4) is 0 Å². The number of benzene rings is 3. The minimum atomic E-state index is -0.585. The third-order valence-corrected chi connectivity index (χ3v) is 5.40. The predicted molar refractivity (Wildman–Crippen MR) is 145 cm³/mol. The minimum Gasteiger partial charge on any atom is -0.489 e. The first-order chi connectivity index (χ1) is 18.0. The molecule has 0 aliphatic rings. The molecular weight excluding hydrogens is 484 g/mol. The zero-order chi connectivity index (χ0) is 27.7. The predicted octanol–water partition coefficient (Wildman–Crippen LogP) is 5.16. The summed E-state index contributed by atoms with van der Waals surface area (Å²) in [4.78, 5) is 35.7. The van der Waals surface area contributed by atoms with Gasteiger partial charge in [0.25, 0.3) is 0 Å². The standard InChI is InChI=1S/C30H34N2O6/c1-5-36-27(33)17-25-16-24(28(31)34)12-13-26(25)37-19-21-9-7-11-23(15-21)22-10-6-8-20(14-22)18-32-29(35)38-30(2,3)4/h6-16H,5,17-19H2,1-4H3,(H2,31,34)(H,32,35). The van der Waals surface area contributed by atoms with E-state index in [9.17, 15) is 14.4 Å². The quantitative estimate of drug-likeness (QED) is 0.358. The van der Waals surface area contributed by atoms with E-state index in [0.717, 1.165) is 22.3 Å². The fraction of sp³-hybridized carbons (Fsp3) is 0.300. The van der Waals surface area contributed by atoms with Gasteiger partial charge >= 0.3 is 12.1 Å². The molecule has 8 heteroatoms. The van der Waals surface area contributed by atoms with E-state index < -0.39 is 23.6 Å². The number of nitrogens with one attached hydrogen (secondary N) is 1. The number of carbonyl (C=O) groups excluding carboxylic acids is 3. The van der Waals surface area contributed by atoms with Crippen molar-refractivity contribution in [2.24, 2.45) is 5.73 Å². The van der Waals surface area contributed by atoms with Crippen molar-refractivity contribution >= 4 is 18.0 Å². The van der Waals surface area contributed by atoms with Crippen LogP contribution in [0.5, 0.6) is 5.75 Å². The molecule has 8 nitrogen and oxygen atoms in total. The number of hydrogen-bond acceptors (Lipinski definition) is 6. The van der Waals surface area contributed by atoms with Crippen molar-refractivity contribution in [2.45, 2.75) is 52.9 Å². The highest BCUT2D eigenvalue weighted by Gasteiger charge is 2.16. The second kappa shape index (κ2) is 12.8. The molecule has 3 aromatic carbocycles. The third kappa shape index (κ3) is 8.65. The molecule has 0 radical (unpaired) electrons. The number of esters is 1. The van der Waals surface area contributed by atoms with Crippen LogP contribution < -0.4 is 15.8 Å². The highest BCUT2D eigenvalue weighted by molar-refractivity contribution is 5.93. The first-order valence-corrected chi connectivity index (χ1v) is 12.4. The van der Waals surface area contributed by atoms with E-state index in [1.807, 2.05) is 69.3 Å². The van der Waals surface area contributed by atoms with Crippen LogP contribution in [-0.4, -0.2) is 30.2 Å². The second-order valence-electron chi connectivity index (χ2n) is 9.71. The number of nitrogens with two attached hydrogens (primary N) is 1. The Balaban J connectivity index is 1.72. The van der Waals surface area contributed by atoms with E-state index in [2.05, 4.69) is 5.32 Å². The van der Waals surface area contributed by atoms with Gasteiger partial charge in [0.1, 0.15) is 18.0 Å². The largest absolute Gasteiger partial charge is 0.489 e. The van der Waals surface area contributed by atoms with E-state index in [-0.39, 0.29) is 19.6 Å². The van der Waals surface area contributed by atoms with Gasteiger partial charge in [0.2, 0.25) is 5.91 Å². The van der Waals surface area contributed by atoms with E-state index >= 15 is 0 Å². The van der Waals surface area contributed by atoms with Crippen LogP contribution in [-0.2, 0) is 33.8 Å². The Labute approximate surface area is 223 Å². The SMILES string of the molecule is CCOC(=O)Cc1cc(C(N)=O)ccc1OCc1cccc(-c2cccc(CNC(=O)OC(C)(C)C)c2)c1. The summed E-state index contributed by atoms with van der Waals surface area (Å²) in [5.41, 5.74) is 9.50. The molecule has 0 unspecified atom stereocenters. The maximum absolute atomic E-state index is 12.1. The molecule has 0 aliphatic heterocycles. The van der Waals surface area contributed by atoms with E-state index in [4.69, 9.17) is 19.9 Å². The van der Waals surface area contributed by atoms with Gasteiger partial charge in [-0.1, -0.05) is 36.4 Å². The Morgan fingerprint density at radius 2 is 1.55 bits per heavy atom. The van der Waals surface area contributed by atoms with E-state index in [0.29, 0.717) is 23.4 Å². The Morgan fingerprint density at radius 1 is 0.895 bits per heavy atom. The summed E-state index contributed by atoms with van der Waals surface area (Å²) in [6, 6.07) is 20.5. The van der Waals surface area contributed by atoms with Crippen molar-refractivity contribution in [3.05, 3.63) is 89.0 Å². The first-order valence-electron chi connectivity index (χ1n) is 12.4. The van der Waals surface area contributed by atoms with Gasteiger partial charge in [-0.2, -0.15) is 0 Å². The number of carbonyl (C=O) groups is 3. The molecule has 0 heterocycles. The van der Waals surface area contributed by atoms with Crippen molar-refractivity contribution < 1.29 is 28.6 Å². The van der Waals surface area contributed by atoms with Gasteiger partial charge in [-0.05, 0) is 80.3 Å². The summed E-state index contributed by atoms with van der Waals surface area (Å²) in [5, 5.41) is 2.78. The molecule has 0 saturated heterocycles. The molecule has 200 valence electrons. The molecule has 0 fully saturated rings. The number of amides is 2. The summed E-state index contributed by atoms with van der Waals surface area (Å²) >= 11 is 0. The normalized spacial score (nSPS) is 10.9. The Hall–Kier alpha value is -4.33. The summed E-state index contributed by atoms with van der Waals surface area (Å²) in [6.45, 7) is 8.05. The lowest BCUT2D eigenvalue weighted by Crippen LogP contribution is -2.32. The Bertz CT molecular complexity index is 1300. The van der Waals surface area contributed by atoms with E-state index in [1.165, 1.54) is 0 Å². The number of rotatable bonds is 10. The van der Waals surface area contributed by atoms with Gasteiger partial charge in [0.05, 0.1) is 13.0 Å². The van der Waals surface area contributed by atoms with Crippen LogP contribution >= 0.6 is 0 Å². The molecule has 0 spiro atoms. The van der Waals surface area contributed by atoms with Crippen molar-refractivity contribution in [2.75, 3.05) is 6.61 Å². The van der Waals surface area contributed by atoms with Crippen LogP contribution in [0.1, 0.15) is 54.7 Å². The van der Waals surface area contributed by atoms with Gasteiger partial charge in [-0.25, -0.2) is 4.79 Å². The molecule has 0 bridgehead atoms. The lowest BCUT2D eigenvalue weighted by atomic mass is 10.0. The number of ether oxygens (including phenoxy) is 3. The monoisotopic (exact) mass is 518 g/mol. The number of alkyl carbamates (subject to hydrolysis) is 1. The smallest absolute Gasteiger partial charge is 0.407 e. The van der Waals surface area contributed by atoms with Crippen molar-refractivity contribution in [3.63, 3.8) is 0 Å². The Morgan fingerprint density at radius 3 is 2.18 bits per heavy atom. The minimum absolute atomic E-state index is 0.0333. The number of primary amides is 1. The van der Waals surface area contributed by atoms with Gasteiger partial charge in [-0.15, -0.1) is 0 Å². The maximum atomic E-state index is 12.1. The highest BCUT2D eigenvalue weighted by atomic mass is 16.6. The topological polar surface area (TPSA) is 117 Å².